The quantitative estimate of drug-likeness (QED) is 0.914. The Morgan fingerprint density at radius 3 is 2.63 bits per heavy atom. The van der Waals surface area contributed by atoms with Gasteiger partial charge in [0.25, 0.3) is 0 Å². The van der Waals surface area contributed by atoms with Crippen molar-refractivity contribution in [1.29, 1.82) is 0 Å². The maximum atomic E-state index is 5.69. The molecule has 0 spiro atoms. The first-order valence-corrected chi connectivity index (χ1v) is 6.88. The van der Waals surface area contributed by atoms with Crippen LogP contribution in [-0.4, -0.2) is 15.7 Å². The number of aromatic nitrogens is 2. The average molecular weight is 257 g/mol. The van der Waals surface area contributed by atoms with E-state index in [4.69, 9.17) is 4.42 Å². The lowest BCUT2D eigenvalue weighted by molar-refractivity contribution is 0.338. The first-order chi connectivity index (χ1) is 9.25. The monoisotopic (exact) mass is 257 g/mol. The topological polar surface area (TPSA) is 51.0 Å². The molecule has 100 valence electrons. The summed E-state index contributed by atoms with van der Waals surface area (Å²) in [4.78, 5) is 0. The Balaban J connectivity index is 1.65. The largest absolute Gasteiger partial charge is 0.419 e. The molecule has 1 saturated carbocycles. The first kappa shape index (κ1) is 12.4. The van der Waals surface area contributed by atoms with Crippen LogP contribution < -0.4 is 5.32 Å². The van der Waals surface area contributed by atoms with Crippen LogP contribution in [0.25, 0.3) is 11.5 Å². The van der Waals surface area contributed by atoms with Crippen LogP contribution in [0.3, 0.4) is 0 Å². The van der Waals surface area contributed by atoms with Crippen LogP contribution in [0.4, 0.5) is 0 Å². The van der Waals surface area contributed by atoms with Crippen LogP contribution in [0.2, 0.25) is 0 Å². The van der Waals surface area contributed by atoms with Gasteiger partial charge in [-0.1, -0.05) is 31.0 Å². The predicted octanol–water partition coefficient (Wildman–Crippen LogP) is 3.16. The van der Waals surface area contributed by atoms with Gasteiger partial charge in [0.15, 0.2) is 0 Å². The van der Waals surface area contributed by atoms with Gasteiger partial charge in [-0.25, -0.2) is 0 Å². The number of hydrogen-bond donors (Lipinski definition) is 1. The smallest absolute Gasteiger partial charge is 0.247 e. The molecule has 0 radical (unpaired) electrons. The number of nitrogens with one attached hydrogen (secondary N) is 1. The normalized spacial score (nSPS) is 17.7. The first-order valence-electron chi connectivity index (χ1n) is 6.88. The van der Waals surface area contributed by atoms with E-state index in [1.54, 1.807) is 0 Å². The Morgan fingerprint density at radius 1 is 1.16 bits per heavy atom. The summed E-state index contributed by atoms with van der Waals surface area (Å²) in [6.45, 7) is 2.92. The molecule has 0 saturated heterocycles. The molecule has 1 aliphatic carbocycles. The van der Waals surface area contributed by atoms with Crippen molar-refractivity contribution >= 4 is 0 Å². The van der Waals surface area contributed by atoms with Gasteiger partial charge in [0, 0.05) is 11.1 Å². The van der Waals surface area contributed by atoms with Crippen molar-refractivity contribution in [2.45, 2.75) is 44.7 Å². The minimum Gasteiger partial charge on any atom is -0.419 e. The number of benzene rings is 1. The lowest BCUT2D eigenvalue weighted by atomic mass is 10.0. The molecule has 1 heterocycles. The molecule has 0 unspecified atom stereocenters. The van der Waals surface area contributed by atoms with Crippen LogP contribution in [0.15, 0.2) is 34.7 Å². The molecule has 19 heavy (non-hydrogen) atoms. The van der Waals surface area contributed by atoms with E-state index in [0.29, 0.717) is 18.3 Å². The molecule has 1 aliphatic rings. The highest BCUT2D eigenvalue weighted by atomic mass is 16.4. The fourth-order valence-electron chi connectivity index (χ4n) is 2.64. The number of nitrogens with zero attached hydrogens (tertiary/aromatic N) is 2. The summed E-state index contributed by atoms with van der Waals surface area (Å²) >= 11 is 0. The molecule has 0 aliphatic heterocycles. The summed E-state index contributed by atoms with van der Waals surface area (Å²) < 4.78 is 5.69. The van der Waals surface area contributed by atoms with Crippen LogP contribution in [0.5, 0.6) is 0 Å². The summed E-state index contributed by atoms with van der Waals surface area (Å²) in [5, 5.41) is 11.7. The molecular weight excluding hydrogens is 238 g/mol. The Bertz CT molecular complexity index is 529. The van der Waals surface area contributed by atoms with Crippen LogP contribution in [0, 0.1) is 0 Å². The zero-order valence-corrected chi connectivity index (χ0v) is 11.2. The Hall–Kier alpha value is -1.68. The van der Waals surface area contributed by atoms with Crippen molar-refractivity contribution in [3.63, 3.8) is 0 Å². The lowest BCUT2D eigenvalue weighted by Gasteiger charge is -2.24. The molecule has 1 aromatic carbocycles. The Kier molecular flexibility index (Phi) is 3.34. The van der Waals surface area contributed by atoms with Crippen LogP contribution in [0.1, 0.15) is 38.5 Å². The molecule has 3 rings (SSSR count). The molecule has 0 atom stereocenters. The molecule has 1 N–H and O–H groups in total. The molecule has 4 nitrogen and oxygen atoms in total. The SMILES string of the molecule is CC1(NCc2nnc(-c3ccccc3)o2)CCCC1. The summed E-state index contributed by atoms with van der Waals surface area (Å²) in [7, 11) is 0. The van der Waals surface area contributed by atoms with E-state index in [9.17, 15) is 0 Å². The number of hydrogen-bond acceptors (Lipinski definition) is 4. The van der Waals surface area contributed by atoms with Gasteiger partial charge in [-0.05, 0) is 31.9 Å². The van der Waals surface area contributed by atoms with Gasteiger partial charge in [0.05, 0.1) is 6.54 Å². The maximum absolute atomic E-state index is 5.69. The van der Waals surface area contributed by atoms with Gasteiger partial charge >= 0.3 is 0 Å². The maximum Gasteiger partial charge on any atom is 0.247 e. The van der Waals surface area contributed by atoms with Crippen LogP contribution in [-0.2, 0) is 6.54 Å². The highest BCUT2D eigenvalue weighted by Crippen LogP contribution is 2.29. The van der Waals surface area contributed by atoms with Gasteiger partial charge in [0.1, 0.15) is 0 Å². The fourth-order valence-corrected chi connectivity index (χ4v) is 2.64. The minimum absolute atomic E-state index is 0.237. The van der Waals surface area contributed by atoms with Gasteiger partial charge in [-0.2, -0.15) is 0 Å². The third-order valence-corrected chi connectivity index (χ3v) is 3.86. The summed E-state index contributed by atoms with van der Waals surface area (Å²) in [6, 6.07) is 9.86. The molecule has 0 amide bonds. The Morgan fingerprint density at radius 2 is 1.89 bits per heavy atom. The van der Waals surface area contributed by atoms with E-state index in [2.05, 4.69) is 22.4 Å². The molecule has 1 aromatic heterocycles. The van der Waals surface area contributed by atoms with Gasteiger partial charge < -0.3 is 9.73 Å². The van der Waals surface area contributed by atoms with E-state index >= 15 is 0 Å². The molecule has 1 fully saturated rings. The zero-order chi connectivity index (χ0) is 13.1. The van der Waals surface area contributed by atoms with E-state index in [1.165, 1.54) is 25.7 Å². The number of rotatable bonds is 4. The van der Waals surface area contributed by atoms with Gasteiger partial charge in [-0.15, -0.1) is 10.2 Å². The summed E-state index contributed by atoms with van der Waals surface area (Å²) in [5.74, 6) is 1.25. The van der Waals surface area contributed by atoms with Crippen molar-refractivity contribution in [2.24, 2.45) is 0 Å². The third kappa shape index (κ3) is 2.84. The fraction of sp³-hybridized carbons (Fsp3) is 0.467. The second-order valence-corrected chi connectivity index (χ2v) is 5.49. The van der Waals surface area contributed by atoms with Crippen molar-refractivity contribution in [1.82, 2.24) is 15.5 Å². The minimum atomic E-state index is 0.237. The van der Waals surface area contributed by atoms with Crippen molar-refractivity contribution in [3.8, 4) is 11.5 Å². The van der Waals surface area contributed by atoms with Crippen molar-refractivity contribution in [2.75, 3.05) is 0 Å². The molecule has 2 aromatic rings. The van der Waals surface area contributed by atoms with Gasteiger partial charge in [-0.3, -0.25) is 0 Å². The predicted molar refractivity (Wildman–Crippen MR) is 73.4 cm³/mol. The second-order valence-electron chi connectivity index (χ2n) is 5.49. The third-order valence-electron chi connectivity index (χ3n) is 3.86. The van der Waals surface area contributed by atoms with Crippen molar-refractivity contribution < 1.29 is 4.42 Å². The summed E-state index contributed by atoms with van der Waals surface area (Å²) in [6.07, 6.45) is 5.07. The average Bonchev–Trinajstić information content (AvgIpc) is 3.07. The molecule has 0 bridgehead atoms. The van der Waals surface area contributed by atoms with Crippen LogP contribution >= 0.6 is 0 Å². The van der Waals surface area contributed by atoms with Gasteiger partial charge in [0.2, 0.25) is 11.8 Å². The van der Waals surface area contributed by atoms with E-state index in [-0.39, 0.29) is 5.54 Å². The van der Waals surface area contributed by atoms with Crippen molar-refractivity contribution in [3.05, 3.63) is 36.2 Å². The zero-order valence-electron chi connectivity index (χ0n) is 11.2. The highest BCUT2D eigenvalue weighted by molar-refractivity contribution is 5.51. The molecular formula is C15H19N3O. The second kappa shape index (κ2) is 5.13. The van der Waals surface area contributed by atoms with E-state index in [1.807, 2.05) is 30.3 Å². The van der Waals surface area contributed by atoms with E-state index < -0.39 is 0 Å². The standard InChI is InChI=1S/C15H19N3O/c1-15(9-5-6-10-15)16-11-13-17-18-14(19-13)12-7-3-2-4-8-12/h2-4,7-8,16H,5-6,9-11H2,1H3. The Labute approximate surface area is 113 Å². The highest BCUT2D eigenvalue weighted by Gasteiger charge is 2.28. The summed E-state index contributed by atoms with van der Waals surface area (Å²) in [5.41, 5.74) is 1.20. The van der Waals surface area contributed by atoms with E-state index in [0.717, 1.165) is 5.56 Å². The molecule has 4 heteroatoms. The lowest BCUT2D eigenvalue weighted by Crippen LogP contribution is -2.38.